The second-order valence-electron chi connectivity index (χ2n) is 6.06. The topological polar surface area (TPSA) is 42.0 Å². The van der Waals surface area contributed by atoms with Gasteiger partial charge in [-0.3, -0.25) is 4.79 Å². The molecule has 0 aliphatic carbocycles. The predicted octanol–water partition coefficient (Wildman–Crippen LogP) is 4.68. The van der Waals surface area contributed by atoms with Gasteiger partial charge in [0.2, 0.25) is 5.91 Å². The van der Waals surface area contributed by atoms with Gasteiger partial charge in [0.1, 0.15) is 5.82 Å². The van der Waals surface area contributed by atoms with E-state index in [1.165, 1.54) is 17.8 Å². The number of aromatic nitrogens is 1. The zero-order chi connectivity index (χ0) is 16.2. The Kier molecular flexibility index (Phi) is 4.99. The van der Waals surface area contributed by atoms with Crippen LogP contribution in [0.1, 0.15) is 31.9 Å². The SMILES string of the molecule is CC(C)(C)c1ccc(C=CC(=O)Nc2ccc(Cl)cn2)cc1. The molecule has 1 aromatic heterocycles. The van der Waals surface area contributed by atoms with E-state index in [9.17, 15) is 4.79 Å². The predicted molar refractivity (Wildman–Crippen MR) is 92.1 cm³/mol. The summed E-state index contributed by atoms with van der Waals surface area (Å²) in [6.07, 6.45) is 4.76. The van der Waals surface area contributed by atoms with E-state index in [0.717, 1.165) is 5.56 Å². The molecule has 4 heteroatoms. The highest BCUT2D eigenvalue weighted by atomic mass is 35.5. The highest BCUT2D eigenvalue weighted by Crippen LogP contribution is 2.22. The van der Waals surface area contributed by atoms with E-state index in [0.29, 0.717) is 10.8 Å². The number of nitrogens with one attached hydrogen (secondary N) is 1. The van der Waals surface area contributed by atoms with Crippen molar-refractivity contribution >= 4 is 29.4 Å². The van der Waals surface area contributed by atoms with Crippen molar-refractivity contribution < 1.29 is 4.79 Å². The third kappa shape index (κ3) is 4.71. The van der Waals surface area contributed by atoms with Gasteiger partial charge in [0.25, 0.3) is 0 Å². The summed E-state index contributed by atoms with van der Waals surface area (Å²) in [6.45, 7) is 6.51. The van der Waals surface area contributed by atoms with Crippen molar-refractivity contribution in [1.29, 1.82) is 0 Å². The van der Waals surface area contributed by atoms with Crippen molar-refractivity contribution in [1.82, 2.24) is 4.98 Å². The Morgan fingerprint density at radius 1 is 1.14 bits per heavy atom. The number of pyridine rings is 1. The summed E-state index contributed by atoms with van der Waals surface area (Å²) in [7, 11) is 0. The molecule has 1 aromatic carbocycles. The molecule has 0 atom stereocenters. The molecule has 0 aliphatic heterocycles. The first kappa shape index (κ1) is 16.2. The van der Waals surface area contributed by atoms with Crippen molar-refractivity contribution in [3.8, 4) is 0 Å². The highest BCUT2D eigenvalue weighted by molar-refractivity contribution is 6.30. The lowest BCUT2D eigenvalue weighted by Gasteiger charge is -2.18. The van der Waals surface area contributed by atoms with Gasteiger partial charge in [0.15, 0.2) is 0 Å². The van der Waals surface area contributed by atoms with Gasteiger partial charge in [-0.15, -0.1) is 0 Å². The lowest BCUT2D eigenvalue weighted by atomic mass is 9.87. The van der Waals surface area contributed by atoms with Crippen LogP contribution >= 0.6 is 11.6 Å². The number of amides is 1. The van der Waals surface area contributed by atoms with Gasteiger partial charge in [-0.2, -0.15) is 0 Å². The van der Waals surface area contributed by atoms with Crippen molar-refractivity contribution in [3.63, 3.8) is 0 Å². The summed E-state index contributed by atoms with van der Waals surface area (Å²) in [5, 5.41) is 3.21. The van der Waals surface area contributed by atoms with Crippen molar-refractivity contribution in [3.05, 3.63) is 64.8 Å². The maximum atomic E-state index is 11.8. The number of hydrogen-bond donors (Lipinski definition) is 1. The van der Waals surface area contributed by atoms with E-state index >= 15 is 0 Å². The van der Waals surface area contributed by atoms with Gasteiger partial charge < -0.3 is 5.32 Å². The Hall–Kier alpha value is -2.13. The molecule has 0 saturated heterocycles. The average molecular weight is 315 g/mol. The Balaban J connectivity index is 1.99. The molecule has 3 nitrogen and oxygen atoms in total. The summed E-state index contributed by atoms with van der Waals surface area (Å²) >= 11 is 5.74. The van der Waals surface area contributed by atoms with E-state index in [2.05, 4.69) is 43.2 Å². The van der Waals surface area contributed by atoms with Crippen LogP contribution < -0.4 is 5.32 Å². The summed E-state index contributed by atoms with van der Waals surface area (Å²) < 4.78 is 0. The quantitative estimate of drug-likeness (QED) is 0.835. The summed E-state index contributed by atoms with van der Waals surface area (Å²) in [6, 6.07) is 11.5. The molecule has 2 rings (SSSR count). The zero-order valence-electron chi connectivity index (χ0n) is 12.9. The van der Waals surface area contributed by atoms with Gasteiger partial charge in [-0.1, -0.05) is 56.6 Å². The number of rotatable bonds is 3. The normalized spacial score (nSPS) is 11.6. The number of benzene rings is 1. The fourth-order valence-corrected chi connectivity index (χ4v) is 2.00. The van der Waals surface area contributed by atoms with Crippen LogP contribution in [0.5, 0.6) is 0 Å². The third-order valence-electron chi connectivity index (χ3n) is 3.18. The minimum atomic E-state index is -0.227. The van der Waals surface area contributed by atoms with Crippen LogP contribution in [0.3, 0.4) is 0 Å². The van der Waals surface area contributed by atoms with Crippen molar-refractivity contribution in [2.75, 3.05) is 5.32 Å². The van der Waals surface area contributed by atoms with Gasteiger partial charge in [0.05, 0.1) is 5.02 Å². The number of hydrogen-bond acceptors (Lipinski definition) is 2. The first-order valence-electron chi connectivity index (χ1n) is 7.06. The molecule has 0 fully saturated rings. The third-order valence-corrected chi connectivity index (χ3v) is 3.41. The van der Waals surface area contributed by atoms with E-state index in [4.69, 9.17) is 11.6 Å². The molecule has 2 aromatic rings. The number of anilines is 1. The van der Waals surface area contributed by atoms with E-state index in [-0.39, 0.29) is 11.3 Å². The number of nitrogens with zero attached hydrogens (tertiary/aromatic N) is 1. The number of carbonyl (C=O) groups excluding carboxylic acids is 1. The van der Waals surface area contributed by atoms with Crippen molar-refractivity contribution in [2.45, 2.75) is 26.2 Å². The van der Waals surface area contributed by atoms with Crippen LogP contribution in [0.25, 0.3) is 6.08 Å². The zero-order valence-corrected chi connectivity index (χ0v) is 13.7. The Morgan fingerprint density at radius 2 is 1.82 bits per heavy atom. The fraction of sp³-hybridized carbons (Fsp3) is 0.222. The van der Waals surface area contributed by atoms with Crippen LogP contribution in [0.15, 0.2) is 48.7 Å². The molecule has 0 saturated carbocycles. The van der Waals surface area contributed by atoms with Gasteiger partial charge in [-0.05, 0) is 34.8 Å². The molecule has 0 radical (unpaired) electrons. The Morgan fingerprint density at radius 3 is 2.36 bits per heavy atom. The molecule has 0 bridgehead atoms. The van der Waals surface area contributed by atoms with Gasteiger partial charge in [0, 0.05) is 12.3 Å². The molecule has 1 N–H and O–H groups in total. The smallest absolute Gasteiger partial charge is 0.249 e. The standard InChI is InChI=1S/C18H19ClN2O/c1-18(2,3)14-7-4-13(5-8-14)6-11-17(22)21-16-10-9-15(19)12-20-16/h4-12H,1-3H3,(H,20,21,22). The number of carbonyl (C=O) groups is 1. The van der Waals surface area contributed by atoms with E-state index in [1.807, 2.05) is 12.1 Å². The summed E-state index contributed by atoms with van der Waals surface area (Å²) in [4.78, 5) is 15.8. The lowest BCUT2D eigenvalue weighted by molar-refractivity contribution is -0.111. The van der Waals surface area contributed by atoms with Crippen molar-refractivity contribution in [2.24, 2.45) is 0 Å². The first-order chi connectivity index (χ1) is 10.3. The lowest BCUT2D eigenvalue weighted by Crippen LogP contribution is -2.10. The first-order valence-corrected chi connectivity index (χ1v) is 7.43. The van der Waals surface area contributed by atoms with Crippen LogP contribution in [-0.4, -0.2) is 10.9 Å². The molecule has 0 aliphatic rings. The second kappa shape index (κ2) is 6.75. The Labute approximate surface area is 136 Å². The van der Waals surface area contributed by atoms with Crippen LogP contribution in [0.4, 0.5) is 5.82 Å². The molecular formula is C18H19ClN2O. The van der Waals surface area contributed by atoms with E-state index in [1.54, 1.807) is 18.2 Å². The van der Waals surface area contributed by atoms with Crippen LogP contribution in [0, 0.1) is 0 Å². The molecular weight excluding hydrogens is 296 g/mol. The molecule has 0 spiro atoms. The van der Waals surface area contributed by atoms with Crippen LogP contribution in [-0.2, 0) is 10.2 Å². The van der Waals surface area contributed by atoms with Gasteiger partial charge >= 0.3 is 0 Å². The minimum absolute atomic E-state index is 0.125. The van der Waals surface area contributed by atoms with Crippen LogP contribution in [0.2, 0.25) is 5.02 Å². The number of halogens is 1. The highest BCUT2D eigenvalue weighted by Gasteiger charge is 2.12. The minimum Gasteiger partial charge on any atom is -0.307 e. The molecule has 1 heterocycles. The van der Waals surface area contributed by atoms with E-state index < -0.39 is 0 Å². The average Bonchev–Trinajstić information content (AvgIpc) is 2.47. The molecule has 1 amide bonds. The molecule has 22 heavy (non-hydrogen) atoms. The fourth-order valence-electron chi connectivity index (χ4n) is 1.88. The Bertz CT molecular complexity index is 668. The maximum Gasteiger partial charge on any atom is 0.249 e. The summed E-state index contributed by atoms with van der Waals surface area (Å²) in [5.74, 6) is 0.247. The molecule has 114 valence electrons. The summed E-state index contributed by atoms with van der Waals surface area (Å²) in [5.41, 5.74) is 2.37. The largest absolute Gasteiger partial charge is 0.307 e. The molecule has 0 unspecified atom stereocenters. The van der Waals surface area contributed by atoms with Gasteiger partial charge in [-0.25, -0.2) is 4.98 Å². The monoisotopic (exact) mass is 314 g/mol. The second-order valence-corrected chi connectivity index (χ2v) is 6.49. The maximum absolute atomic E-state index is 11.8.